The van der Waals surface area contributed by atoms with E-state index in [4.69, 9.17) is 0 Å². The lowest BCUT2D eigenvalue weighted by Crippen LogP contribution is -2.27. The molecule has 1 amide bonds. The summed E-state index contributed by atoms with van der Waals surface area (Å²) in [6, 6.07) is 2.06. The zero-order valence-corrected chi connectivity index (χ0v) is 10.3. The number of hydrogen-bond donors (Lipinski definition) is 2. The van der Waals surface area contributed by atoms with Crippen molar-refractivity contribution in [3.05, 3.63) is 24.0 Å². The van der Waals surface area contributed by atoms with Gasteiger partial charge >= 0.3 is 6.18 Å². The Morgan fingerprint density at radius 1 is 1.42 bits per heavy atom. The Bertz CT molecular complexity index is 458. The fourth-order valence-corrected chi connectivity index (χ4v) is 2.03. The minimum atomic E-state index is -4.47. The van der Waals surface area contributed by atoms with Crippen LogP contribution in [0.4, 0.5) is 18.9 Å². The third kappa shape index (κ3) is 3.23. The van der Waals surface area contributed by atoms with E-state index >= 15 is 0 Å². The molecule has 0 aliphatic carbocycles. The van der Waals surface area contributed by atoms with Gasteiger partial charge in [0.05, 0.1) is 17.8 Å². The number of hydrogen-bond acceptors (Lipinski definition) is 3. The van der Waals surface area contributed by atoms with Crippen molar-refractivity contribution in [3.8, 4) is 0 Å². The molecule has 19 heavy (non-hydrogen) atoms. The summed E-state index contributed by atoms with van der Waals surface area (Å²) in [4.78, 5) is 15.2. The van der Waals surface area contributed by atoms with Gasteiger partial charge in [-0.25, -0.2) is 4.98 Å². The van der Waals surface area contributed by atoms with Crippen molar-refractivity contribution in [2.45, 2.75) is 13.1 Å². The Kier molecular flexibility index (Phi) is 3.75. The monoisotopic (exact) mass is 273 g/mol. The van der Waals surface area contributed by atoms with Crippen LogP contribution in [0.5, 0.6) is 0 Å². The Morgan fingerprint density at radius 2 is 2.16 bits per heavy atom. The van der Waals surface area contributed by atoms with E-state index < -0.39 is 11.9 Å². The zero-order chi connectivity index (χ0) is 14.0. The predicted octanol–water partition coefficient (Wildman–Crippen LogP) is 1.89. The third-order valence-corrected chi connectivity index (χ3v) is 3.18. The molecular weight excluding hydrogens is 259 g/mol. The average Bonchev–Trinajstić information content (AvgIpc) is 2.75. The minimum absolute atomic E-state index is 0.165. The van der Waals surface area contributed by atoms with Gasteiger partial charge in [0.1, 0.15) is 5.69 Å². The molecule has 0 saturated carbocycles. The Balaban J connectivity index is 2.02. The van der Waals surface area contributed by atoms with Crippen LogP contribution in [0.3, 0.4) is 0 Å². The average molecular weight is 273 g/mol. The fraction of sp³-hybridized carbons (Fsp3) is 0.500. The molecule has 7 heteroatoms. The van der Waals surface area contributed by atoms with Crippen LogP contribution in [0.15, 0.2) is 18.3 Å². The molecule has 1 aromatic heterocycles. The maximum absolute atomic E-state index is 12.3. The van der Waals surface area contributed by atoms with Crippen LogP contribution in [0.25, 0.3) is 0 Å². The quantitative estimate of drug-likeness (QED) is 0.865. The summed E-state index contributed by atoms with van der Waals surface area (Å²) >= 11 is 0. The second-order valence-corrected chi connectivity index (χ2v) is 4.66. The number of carbonyl (C=O) groups excluding carboxylic acids is 1. The van der Waals surface area contributed by atoms with Crippen molar-refractivity contribution >= 4 is 11.6 Å². The van der Waals surface area contributed by atoms with Gasteiger partial charge in [-0.2, -0.15) is 13.2 Å². The summed E-state index contributed by atoms with van der Waals surface area (Å²) in [5.74, 6) is -0.149. The number of carbonyl (C=O) groups is 1. The van der Waals surface area contributed by atoms with E-state index in [2.05, 4.69) is 15.6 Å². The van der Waals surface area contributed by atoms with E-state index in [1.807, 2.05) is 6.92 Å². The van der Waals surface area contributed by atoms with Crippen LogP contribution >= 0.6 is 0 Å². The first kappa shape index (κ1) is 13.8. The van der Waals surface area contributed by atoms with Gasteiger partial charge in [0.2, 0.25) is 5.91 Å². The number of rotatable bonds is 2. The SMILES string of the molecule is C[C@@H]1CNC[C@H]1C(=O)Nc1ccc(C(F)(F)F)nc1. The number of nitrogens with zero attached hydrogens (tertiary/aromatic N) is 1. The maximum atomic E-state index is 12.3. The van der Waals surface area contributed by atoms with Crippen molar-refractivity contribution in [2.24, 2.45) is 11.8 Å². The molecule has 4 nitrogen and oxygen atoms in total. The Morgan fingerprint density at radius 3 is 2.63 bits per heavy atom. The highest BCUT2D eigenvalue weighted by molar-refractivity contribution is 5.92. The molecule has 1 aliphatic rings. The van der Waals surface area contributed by atoms with Crippen LogP contribution in [0.2, 0.25) is 0 Å². The summed E-state index contributed by atoms with van der Waals surface area (Å²) < 4.78 is 37.0. The van der Waals surface area contributed by atoms with E-state index in [1.165, 1.54) is 6.07 Å². The molecule has 2 heterocycles. The molecule has 1 aromatic rings. The zero-order valence-electron chi connectivity index (χ0n) is 10.3. The smallest absolute Gasteiger partial charge is 0.324 e. The van der Waals surface area contributed by atoms with Gasteiger partial charge in [-0.15, -0.1) is 0 Å². The van der Waals surface area contributed by atoms with E-state index in [-0.39, 0.29) is 23.4 Å². The Hall–Kier alpha value is -1.63. The van der Waals surface area contributed by atoms with Crippen molar-refractivity contribution in [1.29, 1.82) is 0 Å². The van der Waals surface area contributed by atoms with Gasteiger partial charge in [-0.1, -0.05) is 6.92 Å². The highest BCUT2D eigenvalue weighted by Crippen LogP contribution is 2.28. The van der Waals surface area contributed by atoms with Gasteiger partial charge in [-0.05, 0) is 24.6 Å². The largest absolute Gasteiger partial charge is 0.433 e. The van der Waals surface area contributed by atoms with E-state index in [0.717, 1.165) is 18.8 Å². The lowest BCUT2D eigenvalue weighted by molar-refractivity contribution is -0.141. The molecule has 1 aliphatic heterocycles. The van der Waals surface area contributed by atoms with Crippen LogP contribution < -0.4 is 10.6 Å². The predicted molar refractivity (Wildman–Crippen MR) is 63.4 cm³/mol. The first-order valence-electron chi connectivity index (χ1n) is 5.93. The van der Waals surface area contributed by atoms with Crippen LogP contribution in [0, 0.1) is 11.8 Å². The molecule has 2 rings (SSSR count). The van der Waals surface area contributed by atoms with Gasteiger partial charge in [-0.3, -0.25) is 4.79 Å². The number of alkyl halides is 3. The summed E-state index contributed by atoms with van der Waals surface area (Å²) in [5, 5.41) is 5.68. The summed E-state index contributed by atoms with van der Waals surface area (Å²) in [5.41, 5.74) is -0.696. The highest BCUT2D eigenvalue weighted by atomic mass is 19.4. The lowest BCUT2D eigenvalue weighted by Gasteiger charge is -2.14. The number of aromatic nitrogens is 1. The number of halogens is 3. The second kappa shape index (κ2) is 5.16. The molecule has 0 aromatic carbocycles. The standard InChI is InChI=1S/C12H14F3N3O/c1-7-4-16-6-9(7)11(19)18-8-2-3-10(17-5-8)12(13,14)15/h2-3,5,7,9,16H,4,6H2,1H3,(H,18,19)/t7-,9-/m1/s1. The molecule has 1 saturated heterocycles. The molecule has 0 radical (unpaired) electrons. The van der Waals surface area contributed by atoms with Crippen LogP contribution in [-0.2, 0) is 11.0 Å². The molecule has 0 bridgehead atoms. The van der Waals surface area contributed by atoms with Crippen molar-refractivity contribution in [1.82, 2.24) is 10.3 Å². The fourth-order valence-electron chi connectivity index (χ4n) is 2.03. The lowest BCUT2D eigenvalue weighted by atomic mass is 9.97. The van der Waals surface area contributed by atoms with Crippen molar-refractivity contribution < 1.29 is 18.0 Å². The molecule has 0 unspecified atom stereocenters. The molecule has 1 fully saturated rings. The summed E-state index contributed by atoms with van der Waals surface area (Å²) in [6.07, 6.45) is -3.44. The molecule has 104 valence electrons. The van der Waals surface area contributed by atoms with E-state index in [9.17, 15) is 18.0 Å². The minimum Gasteiger partial charge on any atom is -0.324 e. The normalized spacial score (nSPS) is 23.4. The van der Waals surface area contributed by atoms with E-state index in [1.54, 1.807) is 0 Å². The molecule has 0 spiro atoms. The van der Waals surface area contributed by atoms with Gasteiger partial charge in [0.15, 0.2) is 0 Å². The Labute approximate surface area is 108 Å². The molecule has 2 N–H and O–H groups in total. The topological polar surface area (TPSA) is 54.0 Å². The van der Waals surface area contributed by atoms with Crippen LogP contribution in [0.1, 0.15) is 12.6 Å². The van der Waals surface area contributed by atoms with E-state index in [0.29, 0.717) is 6.54 Å². The number of amides is 1. The maximum Gasteiger partial charge on any atom is 0.433 e. The summed E-state index contributed by atoms with van der Waals surface area (Å²) in [7, 11) is 0. The molecular formula is C12H14F3N3O. The van der Waals surface area contributed by atoms with Crippen molar-refractivity contribution in [3.63, 3.8) is 0 Å². The van der Waals surface area contributed by atoms with Gasteiger partial charge in [0, 0.05) is 6.54 Å². The first-order chi connectivity index (χ1) is 8.88. The second-order valence-electron chi connectivity index (χ2n) is 4.66. The van der Waals surface area contributed by atoms with Crippen molar-refractivity contribution in [2.75, 3.05) is 18.4 Å². The third-order valence-electron chi connectivity index (χ3n) is 3.18. The van der Waals surface area contributed by atoms with Gasteiger partial charge < -0.3 is 10.6 Å². The molecule has 2 atom stereocenters. The number of nitrogens with one attached hydrogen (secondary N) is 2. The highest BCUT2D eigenvalue weighted by Gasteiger charge is 2.32. The van der Waals surface area contributed by atoms with Gasteiger partial charge in [0.25, 0.3) is 0 Å². The first-order valence-corrected chi connectivity index (χ1v) is 5.93. The number of anilines is 1. The number of pyridine rings is 1. The van der Waals surface area contributed by atoms with Crippen LogP contribution in [-0.4, -0.2) is 24.0 Å². The summed E-state index contributed by atoms with van der Waals surface area (Å²) in [6.45, 7) is 3.31.